The number of likely N-dealkylation sites (tertiary alicyclic amines) is 1. The molecule has 118 valence electrons. The molecule has 2 saturated carbocycles. The maximum Gasteiger partial charge on any atom is 0.193 e. The van der Waals surface area contributed by atoms with Gasteiger partial charge in [0, 0.05) is 38.2 Å². The summed E-state index contributed by atoms with van der Waals surface area (Å²) in [5.74, 6) is 2.16. The number of nitrogens with zero attached hydrogens (tertiary/aromatic N) is 2. The zero-order valence-electron chi connectivity index (χ0n) is 13.4. The van der Waals surface area contributed by atoms with Crippen LogP contribution in [0.1, 0.15) is 45.4 Å². The van der Waals surface area contributed by atoms with Crippen LogP contribution in [0, 0.1) is 16.7 Å². The Morgan fingerprint density at radius 1 is 1.29 bits per heavy atom. The molecule has 2 saturated heterocycles. The van der Waals surface area contributed by atoms with Crippen molar-refractivity contribution in [2.24, 2.45) is 21.7 Å². The molecule has 4 heteroatoms. The van der Waals surface area contributed by atoms with E-state index >= 15 is 0 Å². The number of nitrogens with one attached hydrogen (secondary N) is 1. The normalized spacial score (nSPS) is 34.7. The molecule has 0 aromatic carbocycles. The molecule has 1 atom stereocenters. The second kappa shape index (κ2) is 5.15. The first-order chi connectivity index (χ1) is 10.3. The maximum atomic E-state index is 5.65. The van der Waals surface area contributed by atoms with Crippen molar-refractivity contribution < 1.29 is 4.74 Å². The largest absolute Gasteiger partial charge is 0.381 e. The lowest BCUT2D eigenvalue weighted by molar-refractivity contribution is 0.156. The molecule has 2 heterocycles. The van der Waals surface area contributed by atoms with Crippen LogP contribution in [0.25, 0.3) is 0 Å². The minimum atomic E-state index is 0.421. The molecule has 1 spiro atoms. The highest BCUT2D eigenvalue weighted by Gasteiger charge is 2.53. The molecule has 0 bridgehead atoms. The fourth-order valence-corrected chi connectivity index (χ4v) is 4.30. The van der Waals surface area contributed by atoms with Gasteiger partial charge in [-0.1, -0.05) is 0 Å². The highest BCUT2D eigenvalue weighted by molar-refractivity contribution is 5.80. The third-order valence-electron chi connectivity index (χ3n) is 6.14. The lowest BCUT2D eigenvalue weighted by Gasteiger charge is -2.25. The first kappa shape index (κ1) is 13.9. The molecular weight excluding hydrogens is 262 g/mol. The second-order valence-electron chi connectivity index (χ2n) is 7.78. The number of aliphatic imine (C=N–C) groups is 1. The van der Waals surface area contributed by atoms with Gasteiger partial charge in [-0.25, -0.2) is 0 Å². The summed E-state index contributed by atoms with van der Waals surface area (Å²) in [6.07, 6.45) is 8.24. The first-order valence-electron chi connectivity index (χ1n) is 8.86. The van der Waals surface area contributed by atoms with E-state index in [4.69, 9.17) is 9.73 Å². The van der Waals surface area contributed by atoms with Crippen LogP contribution >= 0.6 is 0 Å². The molecule has 4 rings (SSSR count). The molecule has 21 heavy (non-hydrogen) atoms. The van der Waals surface area contributed by atoms with Gasteiger partial charge in [-0.15, -0.1) is 0 Å². The molecule has 1 N–H and O–H groups in total. The highest BCUT2D eigenvalue weighted by Crippen LogP contribution is 2.61. The predicted octanol–water partition coefficient (Wildman–Crippen LogP) is 2.25. The van der Waals surface area contributed by atoms with Crippen molar-refractivity contribution >= 4 is 5.96 Å². The highest BCUT2D eigenvalue weighted by atomic mass is 16.5. The zero-order valence-corrected chi connectivity index (χ0v) is 13.4. The lowest BCUT2D eigenvalue weighted by Crippen LogP contribution is -2.41. The second-order valence-corrected chi connectivity index (χ2v) is 7.78. The Morgan fingerprint density at radius 2 is 2.14 bits per heavy atom. The third-order valence-corrected chi connectivity index (χ3v) is 6.14. The third kappa shape index (κ3) is 2.67. The van der Waals surface area contributed by atoms with E-state index in [-0.39, 0.29) is 0 Å². The number of hydrogen-bond acceptors (Lipinski definition) is 2. The van der Waals surface area contributed by atoms with Crippen LogP contribution in [-0.4, -0.2) is 50.3 Å². The van der Waals surface area contributed by atoms with Crippen LogP contribution < -0.4 is 5.32 Å². The maximum absolute atomic E-state index is 5.65. The lowest BCUT2D eigenvalue weighted by atomic mass is 9.87. The fraction of sp³-hybridized carbons (Fsp3) is 0.941. The van der Waals surface area contributed by atoms with Crippen LogP contribution in [0.4, 0.5) is 0 Å². The van der Waals surface area contributed by atoms with Gasteiger partial charge < -0.3 is 15.0 Å². The van der Waals surface area contributed by atoms with E-state index in [2.05, 4.69) is 17.1 Å². The van der Waals surface area contributed by atoms with Gasteiger partial charge in [-0.05, 0) is 56.8 Å². The van der Waals surface area contributed by atoms with Crippen molar-refractivity contribution in [2.75, 3.05) is 39.4 Å². The van der Waals surface area contributed by atoms with E-state index in [9.17, 15) is 0 Å². The summed E-state index contributed by atoms with van der Waals surface area (Å²) in [4.78, 5) is 7.52. The molecule has 2 aliphatic carbocycles. The van der Waals surface area contributed by atoms with Crippen LogP contribution in [0.3, 0.4) is 0 Å². The molecule has 0 radical (unpaired) electrons. The summed E-state index contributed by atoms with van der Waals surface area (Å²) in [5, 5.41) is 3.53. The number of hydrogen-bond donors (Lipinski definition) is 1. The van der Waals surface area contributed by atoms with Gasteiger partial charge in [0.2, 0.25) is 0 Å². The minimum Gasteiger partial charge on any atom is -0.381 e. The number of rotatable bonds is 4. The molecule has 4 aliphatic rings. The van der Waals surface area contributed by atoms with E-state index in [1.807, 2.05) is 0 Å². The van der Waals surface area contributed by atoms with Crippen LogP contribution in [0.5, 0.6) is 0 Å². The summed E-state index contributed by atoms with van der Waals surface area (Å²) in [6, 6.07) is 0. The van der Waals surface area contributed by atoms with Crippen LogP contribution in [-0.2, 0) is 4.74 Å². The van der Waals surface area contributed by atoms with Gasteiger partial charge >= 0.3 is 0 Å². The van der Waals surface area contributed by atoms with Crippen molar-refractivity contribution in [3.8, 4) is 0 Å². The molecular formula is C17H29N3O. The fourth-order valence-electron chi connectivity index (χ4n) is 4.30. The van der Waals surface area contributed by atoms with E-state index in [0.29, 0.717) is 10.8 Å². The molecule has 1 unspecified atom stereocenters. The first-order valence-corrected chi connectivity index (χ1v) is 8.86. The molecule has 4 nitrogen and oxygen atoms in total. The van der Waals surface area contributed by atoms with Gasteiger partial charge in [0.05, 0.1) is 6.61 Å². The van der Waals surface area contributed by atoms with Gasteiger partial charge in [0.15, 0.2) is 5.96 Å². The summed E-state index contributed by atoms with van der Waals surface area (Å²) in [6.45, 7) is 8.38. The van der Waals surface area contributed by atoms with Crippen molar-refractivity contribution in [3.05, 3.63) is 0 Å². The monoisotopic (exact) mass is 291 g/mol. The van der Waals surface area contributed by atoms with Gasteiger partial charge in [0.25, 0.3) is 0 Å². The number of guanidine groups is 1. The minimum absolute atomic E-state index is 0.421. The number of ether oxygens (including phenoxy) is 1. The smallest absolute Gasteiger partial charge is 0.193 e. The Balaban J connectivity index is 1.42. The Morgan fingerprint density at radius 3 is 2.76 bits per heavy atom. The molecule has 2 aliphatic heterocycles. The Labute approximate surface area is 128 Å². The summed E-state index contributed by atoms with van der Waals surface area (Å²) in [5.41, 5.74) is 1.03. The van der Waals surface area contributed by atoms with E-state index < -0.39 is 0 Å². The zero-order chi connectivity index (χ0) is 14.3. The Hall–Kier alpha value is -0.770. The van der Waals surface area contributed by atoms with Gasteiger partial charge in [-0.3, -0.25) is 4.99 Å². The van der Waals surface area contributed by atoms with E-state index in [0.717, 1.165) is 51.3 Å². The van der Waals surface area contributed by atoms with Crippen LogP contribution in [0.2, 0.25) is 0 Å². The van der Waals surface area contributed by atoms with Gasteiger partial charge in [0.1, 0.15) is 0 Å². The summed E-state index contributed by atoms with van der Waals surface area (Å²) in [7, 11) is 0. The van der Waals surface area contributed by atoms with Crippen molar-refractivity contribution in [2.45, 2.75) is 45.4 Å². The summed E-state index contributed by atoms with van der Waals surface area (Å²) >= 11 is 0. The molecule has 0 amide bonds. The van der Waals surface area contributed by atoms with Crippen molar-refractivity contribution in [3.63, 3.8) is 0 Å². The quantitative estimate of drug-likeness (QED) is 0.637. The molecule has 0 aromatic heterocycles. The van der Waals surface area contributed by atoms with E-state index in [1.165, 1.54) is 38.5 Å². The van der Waals surface area contributed by atoms with Crippen molar-refractivity contribution in [1.29, 1.82) is 0 Å². The standard InChI is InChI=1S/C17H29N3O/c1-2-18-15(19-11-17(5-6-17)14-3-4-14)20-9-7-16(12-20)8-10-21-13-16/h14H,2-13H2,1H3,(H,18,19). The Kier molecular flexibility index (Phi) is 3.40. The average Bonchev–Trinajstić information content (AvgIpc) is 3.40. The predicted molar refractivity (Wildman–Crippen MR) is 84.4 cm³/mol. The topological polar surface area (TPSA) is 36.9 Å². The van der Waals surface area contributed by atoms with Crippen molar-refractivity contribution in [1.82, 2.24) is 10.2 Å². The molecule has 0 aromatic rings. The SMILES string of the molecule is CCNC(=NCC1(C2CC2)CC1)N1CCC2(CCOC2)C1. The Bertz CT molecular complexity index is 420. The molecule has 4 fully saturated rings. The average molecular weight is 291 g/mol. The van der Waals surface area contributed by atoms with Gasteiger partial charge in [-0.2, -0.15) is 0 Å². The van der Waals surface area contributed by atoms with E-state index in [1.54, 1.807) is 0 Å². The summed E-state index contributed by atoms with van der Waals surface area (Å²) < 4.78 is 5.65. The van der Waals surface area contributed by atoms with Crippen LogP contribution in [0.15, 0.2) is 4.99 Å².